The third kappa shape index (κ3) is 3.83. The molecule has 154 valence electrons. The topological polar surface area (TPSA) is 98.8 Å². The first-order valence-corrected chi connectivity index (χ1v) is 10.2. The van der Waals surface area contributed by atoms with E-state index in [0.717, 1.165) is 32.1 Å². The summed E-state index contributed by atoms with van der Waals surface area (Å²) in [7, 11) is 0. The number of imide groups is 1. The summed E-state index contributed by atoms with van der Waals surface area (Å²) >= 11 is 0. The van der Waals surface area contributed by atoms with Crippen LogP contribution in [0.25, 0.3) is 0 Å². The number of nitrogens with zero attached hydrogens (tertiary/aromatic N) is 2. The third-order valence-electron chi connectivity index (χ3n) is 6.17. The van der Waals surface area contributed by atoms with Gasteiger partial charge in [0.2, 0.25) is 11.8 Å². The van der Waals surface area contributed by atoms with Crippen molar-refractivity contribution in [3.05, 3.63) is 29.8 Å². The van der Waals surface area contributed by atoms with E-state index in [1.165, 1.54) is 4.90 Å². The minimum Gasteiger partial charge on any atom is -0.349 e. The van der Waals surface area contributed by atoms with E-state index >= 15 is 0 Å². The fourth-order valence-electron chi connectivity index (χ4n) is 4.97. The molecule has 3 fully saturated rings. The lowest BCUT2D eigenvalue weighted by atomic mass is 9.81. The Hall–Kier alpha value is -2.90. The zero-order valence-electron chi connectivity index (χ0n) is 16.5. The zero-order chi connectivity index (χ0) is 20.5. The minimum atomic E-state index is -0.509. The predicted molar refractivity (Wildman–Crippen MR) is 106 cm³/mol. The Balaban J connectivity index is 1.49. The van der Waals surface area contributed by atoms with Crippen LogP contribution in [0.5, 0.6) is 0 Å². The first-order valence-electron chi connectivity index (χ1n) is 10.2. The van der Waals surface area contributed by atoms with Gasteiger partial charge in [0.1, 0.15) is 0 Å². The van der Waals surface area contributed by atoms with Gasteiger partial charge in [-0.1, -0.05) is 12.1 Å². The maximum atomic E-state index is 13.1. The van der Waals surface area contributed by atoms with Gasteiger partial charge in [-0.05, 0) is 44.2 Å². The van der Waals surface area contributed by atoms with Gasteiger partial charge in [-0.25, -0.2) is 4.79 Å². The molecule has 2 N–H and O–H groups in total. The zero-order valence-corrected chi connectivity index (χ0v) is 16.5. The summed E-state index contributed by atoms with van der Waals surface area (Å²) in [6.45, 7) is 1.87. The molecule has 3 heterocycles. The highest BCUT2D eigenvalue weighted by molar-refractivity contribution is 6.09. The van der Waals surface area contributed by atoms with Crippen LogP contribution in [-0.4, -0.2) is 53.3 Å². The highest BCUT2D eigenvalue weighted by atomic mass is 16.2. The second kappa shape index (κ2) is 7.85. The number of amides is 5. The molecule has 2 bridgehead atoms. The fraction of sp³-hybridized carbons (Fsp3) is 0.524. The first kappa shape index (κ1) is 19.4. The van der Waals surface area contributed by atoms with Crippen molar-refractivity contribution in [2.45, 2.75) is 63.6 Å². The number of rotatable bonds is 3. The number of hydrogen-bond donors (Lipinski definition) is 2. The lowest BCUT2D eigenvalue weighted by Gasteiger charge is -2.48. The first-order chi connectivity index (χ1) is 13.9. The second-order valence-electron chi connectivity index (χ2n) is 8.08. The van der Waals surface area contributed by atoms with Crippen LogP contribution in [-0.2, 0) is 9.59 Å². The number of carbonyl (C=O) groups excluding carboxylic acids is 4. The Bertz CT molecular complexity index is 841. The van der Waals surface area contributed by atoms with Crippen molar-refractivity contribution in [1.82, 2.24) is 15.5 Å². The number of para-hydroxylation sites is 1. The summed E-state index contributed by atoms with van der Waals surface area (Å²) < 4.78 is 0. The largest absolute Gasteiger partial charge is 0.349 e. The van der Waals surface area contributed by atoms with Crippen molar-refractivity contribution in [2.24, 2.45) is 0 Å². The van der Waals surface area contributed by atoms with Crippen LogP contribution in [0.1, 0.15) is 55.8 Å². The van der Waals surface area contributed by atoms with E-state index in [4.69, 9.17) is 0 Å². The van der Waals surface area contributed by atoms with Crippen LogP contribution < -0.4 is 15.5 Å². The highest BCUT2D eigenvalue weighted by Gasteiger charge is 2.40. The van der Waals surface area contributed by atoms with Gasteiger partial charge >= 0.3 is 6.03 Å². The Labute approximate surface area is 169 Å². The van der Waals surface area contributed by atoms with E-state index in [1.54, 1.807) is 31.2 Å². The van der Waals surface area contributed by atoms with Crippen molar-refractivity contribution in [1.29, 1.82) is 0 Å². The monoisotopic (exact) mass is 398 g/mol. The molecule has 0 aliphatic carbocycles. The fourth-order valence-corrected chi connectivity index (χ4v) is 4.97. The van der Waals surface area contributed by atoms with E-state index in [9.17, 15) is 19.2 Å². The molecule has 3 aliphatic heterocycles. The normalized spacial score (nSPS) is 26.7. The maximum Gasteiger partial charge on any atom is 0.328 e. The third-order valence-corrected chi connectivity index (χ3v) is 6.17. The number of anilines is 1. The number of urea groups is 1. The highest BCUT2D eigenvalue weighted by Crippen LogP contribution is 2.34. The van der Waals surface area contributed by atoms with Gasteiger partial charge in [0.05, 0.1) is 11.3 Å². The van der Waals surface area contributed by atoms with Crippen LogP contribution in [0, 0.1) is 0 Å². The molecule has 8 nitrogen and oxygen atoms in total. The Morgan fingerprint density at radius 1 is 1.10 bits per heavy atom. The maximum absolute atomic E-state index is 13.1. The van der Waals surface area contributed by atoms with Gasteiger partial charge in [0.15, 0.2) is 0 Å². The SMILES string of the molecule is CC(=O)N1[C@@H]2CCC[C@H]1CC(NC(=O)c1ccccc1N1CCC(=O)NC1=O)C2. The molecule has 29 heavy (non-hydrogen) atoms. The number of benzene rings is 1. The molecule has 8 heteroatoms. The number of nitrogens with one attached hydrogen (secondary N) is 2. The number of fused-ring (bicyclic) bond motifs is 2. The molecule has 4 rings (SSSR count). The Morgan fingerprint density at radius 3 is 2.45 bits per heavy atom. The van der Waals surface area contributed by atoms with Crippen molar-refractivity contribution in [3.8, 4) is 0 Å². The quantitative estimate of drug-likeness (QED) is 0.811. The summed E-state index contributed by atoms with van der Waals surface area (Å²) in [5.41, 5.74) is 0.910. The predicted octanol–water partition coefficient (Wildman–Crippen LogP) is 1.79. The molecule has 1 aromatic rings. The van der Waals surface area contributed by atoms with E-state index in [-0.39, 0.29) is 48.8 Å². The van der Waals surface area contributed by atoms with Gasteiger partial charge in [0, 0.05) is 38.0 Å². The summed E-state index contributed by atoms with van der Waals surface area (Å²) in [5.74, 6) is -0.429. The van der Waals surface area contributed by atoms with Gasteiger partial charge in [0.25, 0.3) is 5.91 Å². The minimum absolute atomic E-state index is 0.00165. The standard InChI is InChI=1S/C21H26N4O4/c1-13(26)25-15-5-4-6-16(25)12-14(11-15)22-20(28)17-7-2-3-8-18(17)24-10-9-19(27)23-21(24)29/h2-3,7-8,14-16H,4-6,9-12H2,1H3,(H,22,28)(H,23,27,29)/t14?,15-,16+. The molecule has 1 unspecified atom stereocenters. The summed E-state index contributed by atoms with van der Waals surface area (Å²) in [6.07, 6.45) is 4.77. The molecule has 0 spiro atoms. The average molecular weight is 398 g/mol. The Morgan fingerprint density at radius 2 is 1.79 bits per heavy atom. The summed E-state index contributed by atoms with van der Waals surface area (Å²) in [6, 6.07) is 6.80. The van der Waals surface area contributed by atoms with Crippen LogP contribution in [0.4, 0.5) is 10.5 Å². The van der Waals surface area contributed by atoms with Crippen LogP contribution >= 0.6 is 0 Å². The average Bonchev–Trinajstić information content (AvgIpc) is 2.67. The molecule has 5 amide bonds. The number of piperidine rings is 2. The van der Waals surface area contributed by atoms with E-state index in [0.29, 0.717) is 11.3 Å². The summed E-state index contributed by atoms with van der Waals surface area (Å²) in [4.78, 5) is 52.2. The molecule has 3 atom stereocenters. The molecular weight excluding hydrogens is 372 g/mol. The van der Waals surface area contributed by atoms with Gasteiger partial charge in [-0.2, -0.15) is 0 Å². The van der Waals surface area contributed by atoms with Crippen LogP contribution in [0.3, 0.4) is 0 Å². The lowest BCUT2D eigenvalue weighted by Crippen LogP contribution is -2.58. The lowest BCUT2D eigenvalue weighted by molar-refractivity contribution is -0.138. The van der Waals surface area contributed by atoms with Gasteiger partial charge in [-0.3, -0.25) is 24.6 Å². The second-order valence-corrected chi connectivity index (χ2v) is 8.08. The molecule has 3 aliphatic rings. The molecular formula is C21H26N4O4. The van der Waals surface area contributed by atoms with Crippen LogP contribution in [0.2, 0.25) is 0 Å². The van der Waals surface area contributed by atoms with Gasteiger partial charge in [-0.15, -0.1) is 0 Å². The van der Waals surface area contributed by atoms with Crippen molar-refractivity contribution in [3.63, 3.8) is 0 Å². The van der Waals surface area contributed by atoms with E-state index < -0.39 is 6.03 Å². The van der Waals surface area contributed by atoms with Crippen molar-refractivity contribution < 1.29 is 19.2 Å². The molecule has 0 radical (unpaired) electrons. The molecule has 0 aromatic heterocycles. The molecule has 0 saturated carbocycles. The Kier molecular flexibility index (Phi) is 5.25. The van der Waals surface area contributed by atoms with Crippen molar-refractivity contribution >= 4 is 29.4 Å². The molecule has 1 aromatic carbocycles. The van der Waals surface area contributed by atoms with Crippen molar-refractivity contribution in [2.75, 3.05) is 11.4 Å². The number of carbonyl (C=O) groups is 4. The summed E-state index contributed by atoms with van der Waals surface area (Å²) in [5, 5.41) is 5.42. The number of hydrogen-bond acceptors (Lipinski definition) is 4. The van der Waals surface area contributed by atoms with E-state index in [2.05, 4.69) is 10.6 Å². The smallest absolute Gasteiger partial charge is 0.328 e. The van der Waals surface area contributed by atoms with Crippen LogP contribution in [0.15, 0.2) is 24.3 Å². The van der Waals surface area contributed by atoms with E-state index in [1.807, 2.05) is 4.90 Å². The van der Waals surface area contributed by atoms with Gasteiger partial charge < -0.3 is 10.2 Å². The molecule has 3 saturated heterocycles.